The fourth-order valence-corrected chi connectivity index (χ4v) is 3.91. The van der Waals surface area contributed by atoms with Crippen LogP contribution in [-0.4, -0.2) is 44.9 Å². The summed E-state index contributed by atoms with van der Waals surface area (Å²) in [6.45, 7) is 13.8. The molecule has 0 aromatic carbocycles. The number of nitrogens with one attached hydrogen (secondary N) is 6. The van der Waals surface area contributed by atoms with Gasteiger partial charge in [0.25, 0.3) is 0 Å². The van der Waals surface area contributed by atoms with Crippen molar-refractivity contribution >= 4 is 37.8 Å². The van der Waals surface area contributed by atoms with E-state index < -0.39 is 16.5 Å². The van der Waals surface area contributed by atoms with E-state index in [0.717, 1.165) is 0 Å². The van der Waals surface area contributed by atoms with E-state index in [-0.39, 0.29) is 21.4 Å². The third-order valence-electron chi connectivity index (χ3n) is 2.44. The average Bonchev–Trinajstić information content (AvgIpc) is 2.11. The Morgan fingerprint density at radius 2 is 1.00 bits per heavy atom. The summed E-state index contributed by atoms with van der Waals surface area (Å²) < 4.78 is 0. The minimum absolute atomic E-state index is 0.106. The normalized spacial score (nSPS) is 18.5. The van der Waals surface area contributed by atoms with Crippen LogP contribution in [-0.2, 0) is 0 Å². The van der Waals surface area contributed by atoms with Crippen LogP contribution in [0.15, 0.2) is 0 Å². The van der Waals surface area contributed by atoms with Gasteiger partial charge < -0.3 is 30.4 Å². The van der Waals surface area contributed by atoms with Crippen molar-refractivity contribution in [1.29, 1.82) is 0 Å². The van der Waals surface area contributed by atoms with E-state index in [9.17, 15) is 0 Å². The summed E-state index contributed by atoms with van der Waals surface area (Å²) >= 11 is 0. The molecular weight excluding hydrogens is 257 g/mol. The first-order chi connectivity index (χ1) is 8.09. The molecule has 1 rings (SSSR count). The van der Waals surface area contributed by atoms with E-state index >= 15 is 0 Å². The summed E-state index contributed by atoms with van der Waals surface area (Å²) in [5, 5.41) is 13.6. The minimum atomic E-state index is -1.32. The van der Waals surface area contributed by atoms with Gasteiger partial charge in [-0.05, 0) is 7.05 Å². The minimum Gasteiger partial charge on any atom is -0.351 e. The summed E-state index contributed by atoms with van der Waals surface area (Å²) in [6, 6.07) is 0. The summed E-state index contributed by atoms with van der Waals surface area (Å²) in [5.41, 5.74) is 0. The second kappa shape index (κ2) is 6.23. The fourth-order valence-electron chi connectivity index (χ4n) is 1.84. The highest BCUT2D eigenvalue weighted by atomic mass is 28.3. The molecule has 1 fully saturated rings. The summed E-state index contributed by atoms with van der Waals surface area (Å²) in [4.78, 5) is 7.30. The lowest BCUT2D eigenvalue weighted by Gasteiger charge is -2.37. The Balaban J connectivity index is 2.60. The molecule has 1 aliphatic heterocycles. The fraction of sp³-hybridized carbons (Fsp3) is 1.00. The van der Waals surface area contributed by atoms with Crippen LogP contribution in [0.25, 0.3) is 0 Å². The van der Waals surface area contributed by atoms with E-state index in [1.54, 1.807) is 0 Å². The molecule has 11 heteroatoms. The highest BCUT2D eigenvalue weighted by molar-refractivity contribution is 6.94. The van der Waals surface area contributed by atoms with E-state index in [1.807, 2.05) is 7.05 Å². The van der Waals surface area contributed by atoms with Crippen molar-refractivity contribution in [1.82, 2.24) is 30.4 Å². The standard InChI is InChI=1S/C7H27B3N6Si2/c1-11-8-12-9(15-17(2,3)4)14-10(13-8)16-18(5,6)7/h11-16H,1-7H3. The third-order valence-corrected chi connectivity index (χ3v) is 4.75. The van der Waals surface area contributed by atoms with Gasteiger partial charge in [0.1, 0.15) is 16.5 Å². The summed E-state index contributed by atoms with van der Waals surface area (Å²) in [7, 11) is -0.330. The second-order valence-corrected chi connectivity index (χ2v) is 16.5. The zero-order valence-corrected chi connectivity index (χ0v) is 14.7. The van der Waals surface area contributed by atoms with Crippen molar-refractivity contribution in [3.63, 3.8) is 0 Å². The molecule has 6 nitrogen and oxygen atoms in total. The SMILES string of the molecule is CNB1NB(N[Si](C)(C)C)NB(N[Si](C)(C)C)N1. The van der Waals surface area contributed by atoms with Crippen molar-refractivity contribution in [3.8, 4) is 0 Å². The molecular formula is C7H27B3N6Si2. The third kappa shape index (κ3) is 6.52. The first-order valence-electron chi connectivity index (χ1n) is 6.60. The highest BCUT2D eigenvalue weighted by Gasteiger charge is 2.38. The highest BCUT2D eigenvalue weighted by Crippen LogP contribution is 1.97. The van der Waals surface area contributed by atoms with Crippen LogP contribution in [0.2, 0.25) is 39.3 Å². The number of hydrogen-bond acceptors (Lipinski definition) is 6. The monoisotopic (exact) mass is 284 g/mol. The maximum absolute atomic E-state index is 3.65. The Kier molecular flexibility index (Phi) is 5.69. The van der Waals surface area contributed by atoms with Crippen LogP contribution in [0.5, 0.6) is 0 Å². The van der Waals surface area contributed by atoms with Gasteiger partial charge in [0.15, 0.2) is 0 Å². The average molecular weight is 284 g/mol. The van der Waals surface area contributed by atoms with Gasteiger partial charge in [-0.3, -0.25) is 0 Å². The molecule has 0 radical (unpaired) electrons. The molecule has 0 atom stereocenters. The molecule has 0 amide bonds. The first-order valence-corrected chi connectivity index (χ1v) is 13.6. The maximum atomic E-state index is 3.65. The molecule has 102 valence electrons. The van der Waals surface area contributed by atoms with Gasteiger partial charge in [-0.1, -0.05) is 39.3 Å². The Hall–Kier alpha value is 0.389. The van der Waals surface area contributed by atoms with Gasteiger partial charge in [-0.25, -0.2) is 0 Å². The Morgan fingerprint density at radius 3 is 1.28 bits per heavy atom. The lowest BCUT2D eigenvalue weighted by Crippen LogP contribution is -2.87. The molecule has 6 N–H and O–H groups in total. The zero-order chi connectivity index (χ0) is 14.0. The predicted octanol–water partition coefficient (Wildman–Crippen LogP) is -1.21. The molecule has 1 aliphatic rings. The topological polar surface area (TPSA) is 72.2 Å². The quantitative estimate of drug-likeness (QED) is 0.356. The summed E-state index contributed by atoms with van der Waals surface area (Å²) in [6.07, 6.45) is 0. The van der Waals surface area contributed by atoms with Gasteiger partial charge in [0.05, 0.1) is 0 Å². The van der Waals surface area contributed by atoms with Crippen LogP contribution in [0.4, 0.5) is 0 Å². The molecule has 18 heavy (non-hydrogen) atoms. The van der Waals surface area contributed by atoms with E-state index in [4.69, 9.17) is 0 Å². The van der Waals surface area contributed by atoms with Crippen LogP contribution in [0, 0.1) is 0 Å². The lowest BCUT2D eigenvalue weighted by atomic mass is 9.65. The van der Waals surface area contributed by atoms with Crippen molar-refractivity contribution in [2.45, 2.75) is 39.3 Å². The van der Waals surface area contributed by atoms with Crippen LogP contribution in [0.1, 0.15) is 0 Å². The van der Waals surface area contributed by atoms with Gasteiger partial charge in [0.2, 0.25) is 0 Å². The molecule has 0 aromatic rings. The van der Waals surface area contributed by atoms with E-state index in [0.29, 0.717) is 0 Å². The van der Waals surface area contributed by atoms with Gasteiger partial charge in [-0.15, -0.1) is 0 Å². The molecule has 0 spiro atoms. The Bertz CT molecular complexity index is 247. The molecule has 0 unspecified atom stereocenters. The Morgan fingerprint density at radius 1 is 0.667 bits per heavy atom. The van der Waals surface area contributed by atoms with Crippen molar-refractivity contribution in [3.05, 3.63) is 0 Å². The molecule has 0 saturated carbocycles. The van der Waals surface area contributed by atoms with Gasteiger partial charge in [-0.2, -0.15) is 0 Å². The van der Waals surface area contributed by atoms with E-state index in [2.05, 4.69) is 69.7 Å². The van der Waals surface area contributed by atoms with Crippen LogP contribution >= 0.6 is 0 Å². The van der Waals surface area contributed by atoms with Gasteiger partial charge >= 0.3 is 21.4 Å². The molecule has 1 heterocycles. The molecule has 1 saturated heterocycles. The van der Waals surface area contributed by atoms with Crippen molar-refractivity contribution in [2.75, 3.05) is 7.05 Å². The number of hydrogen-bond donors (Lipinski definition) is 6. The Labute approximate surface area is 115 Å². The molecule has 0 aliphatic carbocycles. The predicted molar refractivity (Wildman–Crippen MR) is 88.7 cm³/mol. The first kappa shape index (κ1) is 16.4. The van der Waals surface area contributed by atoms with Crippen LogP contribution < -0.4 is 30.4 Å². The van der Waals surface area contributed by atoms with Crippen LogP contribution in [0.3, 0.4) is 0 Å². The smallest absolute Gasteiger partial charge is 0.351 e. The van der Waals surface area contributed by atoms with Crippen molar-refractivity contribution in [2.24, 2.45) is 0 Å². The largest absolute Gasteiger partial charge is 0.376 e. The molecule has 0 bridgehead atoms. The van der Waals surface area contributed by atoms with Gasteiger partial charge in [0, 0.05) is 0 Å². The maximum Gasteiger partial charge on any atom is 0.376 e. The van der Waals surface area contributed by atoms with E-state index in [1.165, 1.54) is 0 Å². The molecule has 0 aromatic heterocycles. The zero-order valence-electron chi connectivity index (χ0n) is 12.7. The lowest BCUT2D eigenvalue weighted by molar-refractivity contribution is 0.999. The van der Waals surface area contributed by atoms with Crippen molar-refractivity contribution < 1.29 is 0 Å². The summed E-state index contributed by atoms with van der Waals surface area (Å²) in [5.74, 6) is 0. The number of rotatable bonds is 5. The second-order valence-electron chi connectivity index (χ2n) is 6.88.